The van der Waals surface area contributed by atoms with E-state index in [9.17, 15) is 10.1 Å². The third-order valence-electron chi connectivity index (χ3n) is 1.77. The molecule has 4 N–H and O–H groups in total. The number of nitrogens with one attached hydrogen (secondary N) is 1. The van der Waals surface area contributed by atoms with Gasteiger partial charge in [0, 0.05) is 12.6 Å². The second kappa shape index (κ2) is 5.89. The highest BCUT2D eigenvalue weighted by atomic mass is 16.7. The van der Waals surface area contributed by atoms with Gasteiger partial charge in [-0.25, -0.2) is 10.1 Å². The van der Waals surface area contributed by atoms with Gasteiger partial charge in [0.05, 0.1) is 0 Å². The molecule has 0 saturated carbocycles. The number of nitrogens with zero attached hydrogens (tertiary/aromatic N) is 1. The van der Waals surface area contributed by atoms with E-state index in [1.807, 2.05) is 5.43 Å². The van der Waals surface area contributed by atoms with Gasteiger partial charge in [-0.1, -0.05) is 6.07 Å². The molecule has 0 aliphatic carbocycles. The highest BCUT2D eigenvalue weighted by molar-refractivity contribution is 5.46. The number of benzene rings is 1. The number of aliphatic hydroxyl groups excluding tert-OH is 1. The van der Waals surface area contributed by atoms with Crippen LogP contribution in [0.15, 0.2) is 24.3 Å². The Hall–Kier alpha value is -1.86. The number of hydrogen-bond donors (Lipinski definition) is 3. The van der Waals surface area contributed by atoms with Crippen LogP contribution >= 0.6 is 0 Å². The Bertz CT molecular complexity index is 358. The number of ether oxygens (including phenoxy) is 1. The SMILES string of the molecule is NCC(O)COc1cccc(N[N+](=O)[O-])c1. The standard InChI is InChI=1S/C9H13N3O4/c10-5-8(13)6-16-9-3-1-2-7(4-9)11-12(14)15/h1-4,8,11,13H,5-6,10H2. The number of nitrogens with two attached hydrogens (primary N) is 1. The molecule has 1 aromatic rings. The number of hydrogen-bond acceptors (Lipinski definition) is 5. The van der Waals surface area contributed by atoms with Crippen LogP contribution in [0.5, 0.6) is 5.75 Å². The summed E-state index contributed by atoms with van der Waals surface area (Å²) in [5.41, 5.74) is 7.51. The van der Waals surface area contributed by atoms with E-state index in [0.29, 0.717) is 11.4 Å². The summed E-state index contributed by atoms with van der Waals surface area (Å²) in [5.74, 6) is 0.430. The topological polar surface area (TPSA) is 111 Å². The lowest BCUT2D eigenvalue weighted by Crippen LogP contribution is -2.26. The average molecular weight is 227 g/mol. The van der Waals surface area contributed by atoms with Crippen LogP contribution in [0.1, 0.15) is 0 Å². The minimum Gasteiger partial charge on any atom is -0.491 e. The van der Waals surface area contributed by atoms with Gasteiger partial charge in [-0.2, -0.15) is 0 Å². The monoisotopic (exact) mass is 227 g/mol. The zero-order chi connectivity index (χ0) is 12.0. The second-order valence-corrected chi connectivity index (χ2v) is 3.10. The van der Waals surface area contributed by atoms with Crippen molar-refractivity contribution in [3.63, 3.8) is 0 Å². The molecule has 7 nitrogen and oxygen atoms in total. The van der Waals surface area contributed by atoms with Crippen molar-refractivity contribution in [1.82, 2.24) is 0 Å². The molecule has 0 radical (unpaired) electrons. The Morgan fingerprint density at radius 1 is 1.62 bits per heavy atom. The van der Waals surface area contributed by atoms with Crippen LogP contribution in [-0.4, -0.2) is 29.4 Å². The molecule has 1 unspecified atom stereocenters. The second-order valence-electron chi connectivity index (χ2n) is 3.10. The summed E-state index contributed by atoms with van der Waals surface area (Å²) in [6.45, 7) is 0.158. The van der Waals surface area contributed by atoms with Gasteiger partial charge in [0.15, 0.2) is 5.03 Å². The third kappa shape index (κ3) is 4.11. The van der Waals surface area contributed by atoms with Crippen LogP contribution < -0.4 is 15.9 Å². The minimum absolute atomic E-state index is 0.0540. The molecule has 0 fully saturated rings. The van der Waals surface area contributed by atoms with Crippen molar-refractivity contribution in [1.29, 1.82) is 0 Å². The van der Waals surface area contributed by atoms with Gasteiger partial charge in [-0.15, -0.1) is 5.43 Å². The van der Waals surface area contributed by atoms with Gasteiger partial charge in [0.1, 0.15) is 24.1 Å². The lowest BCUT2D eigenvalue weighted by molar-refractivity contribution is -0.445. The van der Waals surface area contributed by atoms with Crippen LogP contribution in [-0.2, 0) is 0 Å². The van der Waals surface area contributed by atoms with E-state index in [0.717, 1.165) is 0 Å². The van der Waals surface area contributed by atoms with E-state index in [1.165, 1.54) is 12.1 Å². The van der Waals surface area contributed by atoms with E-state index < -0.39 is 11.1 Å². The number of anilines is 1. The smallest absolute Gasteiger partial charge is 0.162 e. The lowest BCUT2D eigenvalue weighted by Gasteiger charge is -2.10. The average Bonchev–Trinajstić information content (AvgIpc) is 2.25. The molecule has 1 atom stereocenters. The fourth-order valence-corrected chi connectivity index (χ4v) is 1.02. The molecule has 0 amide bonds. The largest absolute Gasteiger partial charge is 0.491 e. The molecule has 0 spiro atoms. The van der Waals surface area contributed by atoms with Crippen molar-refractivity contribution in [3.8, 4) is 5.75 Å². The van der Waals surface area contributed by atoms with E-state index in [1.54, 1.807) is 12.1 Å². The predicted octanol–water partition coefficient (Wildman–Crippen LogP) is -0.0114. The van der Waals surface area contributed by atoms with Crippen LogP contribution in [0.25, 0.3) is 0 Å². The van der Waals surface area contributed by atoms with Crippen molar-refractivity contribution >= 4 is 5.69 Å². The van der Waals surface area contributed by atoms with Crippen molar-refractivity contribution < 1.29 is 14.9 Å². The maximum Gasteiger partial charge on any atom is 0.162 e. The summed E-state index contributed by atoms with van der Waals surface area (Å²) in [5, 5.41) is 18.7. The number of nitro groups is 1. The maximum absolute atomic E-state index is 10.2. The Morgan fingerprint density at radius 3 is 3.00 bits per heavy atom. The van der Waals surface area contributed by atoms with Crippen molar-refractivity contribution in [2.24, 2.45) is 5.73 Å². The molecule has 16 heavy (non-hydrogen) atoms. The van der Waals surface area contributed by atoms with Crippen molar-refractivity contribution in [3.05, 3.63) is 34.4 Å². The lowest BCUT2D eigenvalue weighted by atomic mass is 10.3. The van der Waals surface area contributed by atoms with Crippen LogP contribution in [0.4, 0.5) is 5.69 Å². The maximum atomic E-state index is 10.2. The molecule has 1 rings (SSSR count). The van der Waals surface area contributed by atoms with Gasteiger partial charge in [-0.3, -0.25) is 0 Å². The highest BCUT2D eigenvalue weighted by Gasteiger charge is 2.04. The zero-order valence-corrected chi connectivity index (χ0v) is 8.50. The van der Waals surface area contributed by atoms with Crippen LogP contribution in [0.3, 0.4) is 0 Å². The molecule has 0 aliphatic heterocycles. The van der Waals surface area contributed by atoms with E-state index in [4.69, 9.17) is 15.6 Å². The first-order valence-electron chi connectivity index (χ1n) is 4.64. The van der Waals surface area contributed by atoms with Gasteiger partial charge >= 0.3 is 0 Å². The summed E-state index contributed by atoms with van der Waals surface area (Å²) in [6, 6.07) is 6.24. The quantitative estimate of drug-likeness (QED) is 0.465. The Labute approximate surface area is 91.9 Å². The fourth-order valence-electron chi connectivity index (χ4n) is 1.02. The molecule has 0 heterocycles. The molecule has 1 aromatic carbocycles. The predicted molar refractivity (Wildman–Crippen MR) is 57.6 cm³/mol. The molecule has 88 valence electrons. The first-order valence-corrected chi connectivity index (χ1v) is 4.64. The molecule has 0 saturated heterocycles. The van der Waals surface area contributed by atoms with Crippen molar-refractivity contribution in [2.45, 2.75) is 6.10 Å². The van der Waals surface area contributed by atoms with Gasteiger partial charge < -0.3 is 15.6 Å². The molecular formula is C9H13N3O4. The van der Waals surface area contributed by atoms with Gasteiger partial charge in [0.25, 0.3) is 0 Å². The van der Waals surface area contributed by atoms with Crippen molar-refractivity contribution in [2.75, 3.05) is 18.6 Å². The molecular weight excluding hydrogens is 214 g/mol. The van der Waals surface area contributed by atoms with E-state index in [2.05, 4.69) is 0 Å². The fraction of sp³-hybridized carbons (Fsp3) is 0.333. The Balaban J connectivity index is 2.56. The normalized spacial score (nSPS) is 11.9. The summed E-state index contributed by atoms with van der Waals surface area (Å²) in [4.78, 5) is 10.2. The summed E-state index contributed by atoms with van der Waals surface area (Å²) in [6.07, 6.45) is -0.743. The third-order valence-corrected chi connectivity index (χ3v) is 1.77. The van der Waals surface area contributed by atoms with Crippen LogP contribution in [0, 0.1) is 10.1 Å². The number of aliphatic hydroxyl groups is 1. The number of hydrazine groups is 1. The van der Waals surface area contributed by atoms with E-state index >= 15 is 0 Å². The summed E-state index contributed by atoms with van der Waals surface area (Å²) < 4.78 is 5.19. The Morgan fingerprint density at radius 2 is 2.38 bits per heavy atom. The minimum atomic E-state index is -0.743. The van der Waals surface area contributed by atoms with Gasteiger partial charge in [0.2, 0.25) is 0 Å². The molecule has 0 bridgehead atoms. The molecule has 0 aromatic heterocycles. The molecule has 7 heteroatoms. The first kappa shape index (κ1) is 12.2. The van der Waals surface area contributed by atoms with Crippen LogP contribution in [0.2, 0.25) is 0 Å². The number of rotatable bonds is 6. The molecule has 0 aliphatic rings. The highest BCUT2D eigenvalue weighted by Crippen LogP contribution is 2.17. The zero-order valence-electron chi connectivity index (χ0n) is 8.50. The van der Waals surface area contributed by atoms with E-state index in [-0.39, 0.29) is 13.2 Å². The summed E-state index contributed by atoms with van der Waals surface area (Å²) in [7, 11) is 0. The summed E-state index contributed by atoms with van der Waals surface area (Å²) >= 11 is 0. The first-order chi connectivity index (χ1) is 7.61. The Kier molecular flexibility index (Phi) is 4.49. The van der Waals surface area contributed by atoms with Gasteiger partial charge in [-0.05, 0) is 12.1 Å².